The van der Waals surface area contributed by atoms with Crippen molar-refractivity contribution in [2.45, 2.75) is 38.3 Å². The third kappa shape index (κ3) is 5.92. The van der Waals surface area contributed by atoms with Gasteiger partial charge in [0.25, 0.3) is 0 Å². The molecule has 1 fully saturated rings. The van der Waals surface area contributed by atoms with E-state index in [0.29, 0.717) is 19.1 Å². The van der Waals surface area contributed by atoms with Gasteiger partial charge in [0.2, 0.25) is 6.79 Å². The number of hydrogen-bond acceptors (Lipinski definition) is 5. The molecule has 0 spiro atoms. The molecule has 0 aliphatic carbocycles. The van der Waals surface area contributed by atoms with Gasteiger partial charge in [-0.15, -0.1) is 24.8 Å². The quantitative estimate of drug-likeness (QED) is 0.481. The molecule has 7 heteroatoms. The monoisotopic (exact) mass is 530 g/mol. The molecule has 2 unspecified atom stereocenters. The van der Waals surface area contributed by atoms with Crippen molar-refractivity contribution in [2.75, 3.05) is 39.5 Å². The number of fused-ring (bicyclic) bond motifs is 3. The second-order valence-electron chi connectivity index (χ2n) is 10.2. The van der Waals surface area contributed by atoms with Crippen LogP contribution in [-0.4, -0.2) is 60.5 Å². The summed E-state index contributed by atoms with van der Waals surface area (Å²) in [5.41, 5.74) is 4.03. The molecule has 3 aromatic rings. The van der Waals surface area contributed by atoms with E-state index >= 15 is 0 Å². The molecule has 0 amide bonds. The van der Waals surface area contributed by atoms with Crippen LogP contribution in [0.5, 0.6) is 11.5 Å². The summed E-state index contributed by atoms with van der Waals surface area (Å²) < 4.78 is 11.1. The van der Waals surface area contributed by atoms with Crippen molar-refractivity contribution in [3.63, 3.8) is 0 Å². The van der Waals surface area contributed by atoms with Gasteiger partial charge in [0.15, 0.2) is 11.5 Å². The smallest absolute Gasteiger partial charge is 0.231 e. The molecule has 194 valence electrons. The Morgan fingerprint density at radius 2 is 1.69 bits per heavy atom. The molecule has 0 saturated carbocycles. The summed E-state index contributed by atoms with van der Waals surface area (Å²) in [5.74, 6) is 2.45. The number of piperidine rings is 1. The van der Waals surface area contributed by atoms with Gasteiger partial charge in [-0.1, -0.05) is 42.5 Å². The van der Waals surface area contributed by atoms with Crippen LogP contribution in [-0.2, 0) is 19.4 Å². The number of aliphatic hydroxyl groups excluding tert-OH is 1. The van der Waals surface area contributed by atoms with Crippen LogP contribution in [0, 0.1) is 5.92 Å². The summed E-state index contributed by atoms with van der Waals surface area (Å²) >= 11 is 0. The van der Waals surface area contributed by atoms with Gasteiger partial charge in [0, 0.05) is 39.1 Å². The Balaban J connectivity index is 0.00000152. The Hall–Kier alpha value is -2.02. The van der Waals surface area contributed by atoms with Gasteiger partial charge < -0.3 is 19.5 Å². The molecule has 1 saturated heterocycles. The highest BCUT2D eigenvalue weighted by atomic mass is 35.5. The van der Waals surface area contributed by atoms with Gasteiger partial charge >= 0.3 is 0 Å². The van der Waals surface area contributed by atoms with Gasteiger partial charge in [0.1, 0.15) is 0 Å². The van der Waals surface area contributed by atoms with E-state index in [1.54, 1.807) is 0 Å². The molecule has 0 radical (unpaired) electrons. The van der Waals surface area contributed by atoms with Gasteiger partial charge in [-0.2, -0.15) is 0 Å². The van der Waals surface area contributed by atoms with Crippen LogP contribution in [0.3, 0.4) is 0 Å². The van der Waals surface area contributed by atoms with Crippen LogP contribution in [0.25, 0.3) is 10.8 Å². The number of β-amino-alcohol motifs (C(OH)–C–C–N with tert-alkyl or cyclic N) is 1. The Labute approximate surface area is 226 Å². The van der Waals surface area contributed by atoms with E-state index < -0.39 is 0 Å². The third-order valence-corrected chi connectivity index (χ3v) is 7.71. The van der Waals surface area contributed by atoms with E-state index in [1.807, 2.05) is 0 Å². The van der Waals surface area contributed by atoms with Crippen molar-refractivity contribution >= 4 is 35.6 Å². The number of rotatable bonds is 6. The van der Waals surface area contributed by atoms with E-state index in [4.69, 9.17) is 9.47 Å². The van der Waals surface area contributed by atoms with Crippen molar-refractivity contribution in [1.82, 2.24) is 9.80 Å². The van der Waals surface area contributed by atoms with E-state index in [2.05, 4.69) is 64.4 Å². The molecule has 0 aromatic heterocycles. The highest BCUT2D eigenvalue weighted by molar-refractivity contribution is 5.86. The predicted molar refractivity (Wildman–Crippen MR) is 149 cm³/mol. The second-order valence-corrected chi connectivity index (χ2v) is 10.2. The average molecular weight is 532 g/mol. The standard InChI is InChI=1S/C29H34N2O3.2ClH/c32-26(13-24-8-3-7-22-6-1-2-9-27(22)24)19-30-11-4-5-21(16-30)17-31-12-10-23-14-28-29(34-20-33-28)15-25(23)18-31;;/h1-3,6-9,14-15,21,26,32H,4-5,10-13,16-20H2;2*1H. The highest BCUT2D eigenvalue weighted by Crippen LogP contribution is 2.37. The number of hydrogen-bond donors (Lipinski definition) is 1. The van der Waals surface area contributed by atoms with E-state index in [1.165, 1.54) is 40.3 Å². The zero-order valence-electron chi connectivity index (χ0n) is 20.6. The lowest BCUT2D eigenvalue weighted by molar-refractivity contribution is 0.0722. The topological polar surface area (TPSA) is 45.2 Å². The third-order valence-electron chi connectivity index (χ3n) is 7.71. The van der Waals surface area contributed by atoms with Crippen LogP contribution in [0.1, 0.15) is 29.5 Å². The van der Waals surface area contributed by atoms with Crippen molar-refractivity contribution in [2.24, 2.45) is 5.92 Å². The van der Waals surface area contributed by atoms with E-state index in [9.17, 15) is 5.11 Å². The summed E-state index contributed by atoms with van der Waals surface area (Å²) in [6.45, 7) is 6.49. The van der Waals surface area contributed by atoms with Crippen LogP contribution in [0.2, 0.25) is 0 Å². The van der Waals surface area contributed by atoms with Crippen LogP contribution < -0.4 is 9.47 Å². The molecular weight excluding hydrogens is 495 g/mol. The van der Waals surface area contributed by atoms with Crippen LogP contribution in [0.15, 0.2) is 54.6 Å². The van der Waals surface area contributed by atoms with Crippen molar-refractivity contribution in [3.05, 3.63) is 71.3 Å². The maximum Gasteiger partial charge on any atom is 0.231 e. The summed E-state index contributed by atoms with van der Waals surface area (Å²) in [7, 11) is 0. The van der Waals surface area contributed by atoms with Crippen LogP contribution >= 0.6 is 24.8 Å². The van der Waals surface area contributed by atoms with Gasteiger partial charge in [-0.25, -0.2) is 0 Å². The molecule has 3 aliphatic rings. The minimum Gasteiger partial charge on any atom is -0.454 e. The maximum atomic E-state index is 10.9. The van der Waals surface area contributed by atoms with Crippen molar-refractivity contribution in [1.29, 1.82) is 0 Å². The number of nitrogens with zero attached hydrogens (tertiary/aromatic N) is 2. The second kappa shape index (κ2) is 12.0. The molecule has 1 N–H and O–H groups in total. The zero-order chi connectivity index (χ0) is 22.9. The first-order valence-electron chi connectivity index (χ1n) is 12.7. The zero-order valence-corrected chi connectivity index (χ0v) is 22.2. The summed E-state index contributed by atoms with van der Waals surface area (Å²) in [4.78, 5) is 5.09. The first-order chi connectivity index (χ1) is 16.7. The fourth-order valence-corrected chi connectivity index (χ4v) is 6.08. The van der Waals surface area contributed by atoms with Crippen molar-refractivity contribution in [3.8, 4) is 11.5 Å². The number of halogens is 2. The Bertz CT molecular complexity index is 1170. The maximum absolute atomic E-state index is 10.9. The summed E-state index contributed by atoms with van der Waals surface area (Å²) in [6.07, 6.45) is 3.94. The number of likely N-dealkylation sites (tertiary alicyclic amines) is 1. The Morgan fingerprint density at radius 3 is 2.56 bits per heavy atom. The average Bonchev–Trinajstić information content (AvgIpc) is 3.30. The summed E-state index contributed by atoms with van der Waals surface area (Å²) in [5, 5.41) is 13.4. The first-order valence-corrected chi connectivity index (χ1v) is 12.7. The number of benzene rings is 3. The molecule has 3 aliphatic heterocycles. The fraction of sp³-hybridized carbons (Fsp3) is 0.448. The van der Waals surface area contributed by atoms with Crippen molar-refractivity contribution < 1.29 is 14.6 Å². The largest absolute Gasteiger partial charge is 0.454 e. The fourth-order valence-electron chi connectivity index (χ4n) is 6.08. The molecule has 5 nitrogen and oxygen atoms in total. The molecule has 0 bridgehead atoms. The molecule has 3 heterocycles. The number of ether oxygens (including phenoxy) is 2. The Morgan fingerprint density at radius 1 is 0.917 bits per heavy atom. The van der Waals surface area contributed by atoms with Gasteiger partial charge in [0.05, 0.1) is 6.10 Å². The lowest BCUT2D eigenvalue weighted by Gasteiger charge is -2.38. The van der Waals surface area contributed by atoms with E-state index in [-0.39, 0.29) is 30.9 Å². The van der Waals surface area contributed by atoms with Gasteiger partial charge in [-0.3, -0.25) is 4.90 Å². The molecule has 36 heavy (non-hydrogen) atoms. The summed E-state index contributed by atoms with van der Waals surface area (Å²) in [6, 6.07) is 19.2. The van der Waals surface area contributed by atoms with Crippen LogP contribution in [0.4, 0.5) is 0 Å². The van der Waals surface area contributed by atoms with Gasteiger partial charge in [-0.05, 0) is 71.3 Å². The lowest BCUT2D eigenvalue weighted by atomic mass is 9.94. The minimum absolute atomic E-state index is 0. The highest BCUT2D eigenvalue weighted by Gasteiger charge is 2.27. The lowest BCUT2D eigenvalue weighted by Crippen LogP contribution is -2.45. The number of aliphatic hydroxyl groups is 1. The molecular formula is C29H36Cl2N2O3. The predicted octanol–water partition coefficient (Wildman–Crippen LogP) is 5.09. The minimum atomic E-state index is -0.337. The molecule has 3 aromatic carbocycles. The Kier molecular flexibility index (Phi) is 9.02. The first kappa shape index (κ1) is 27.0. The molecule has 6 rings (SSSR count). The SMILES string of the molecule is Cl.Cl.OC(Cc1cccc2ccccc12)CN1CCCC(CN2CCc3cc4c(cc3C2)OCO4)C1. The molecule has 2 atom stereocenters. The van der Waals surface area contributed by atoms with E-state index in [0.717, 1.165) is 57.2 Å². The normalized spacial score (nSPS) is 20.3.